The number of benzene rings is 2. The van der Waals surface area contributed by atoms with Gasteiger partial charge in [0, 0.05) is 24.2 Å². The molecule has 0 unspecified atom stereocenters. The molecule has 0 fully saturated rings. The minimum absolute atomic E-state index is 0.0301. The van der Waals surface area contributed by atoms with Crippen LogP contribution in [0.1, 0.15) is 40.7 Å². The van der Waals surface area contributed by atoms with Crippen molar-refractivity contribution in [2.45, 2.75) is 32.2 Å². The van der Waals surface area contributed by atoms with Gasteiger partial charge in [0.15, 0.2) is 0 Å². The lowest BCUT2D eigenvalue weighted by Crippen LogP contribution is -2.35. The Morgan fingerprint density at radius 3 is 2.62 bits per heavy atom. The summed E-state index contributed by atoms with van der Waals surface area (Å²) < 4.78 is 5.45. The van der Waals surface area contributed by atoms with E-state index in [1.165, 1.54) is 11.1 Å². The van der Waals surface area contributed by atoms with Crippen molar-refractivity contribution in [1.29, 1.82) is 0 Å². The summed E-state index contributed by atoms with van der Waals surface area (Å²) in [7, 11) is 0. The summed E-state index contributed by atoms with van der Waals surface area (Å²) in [5, 5.41) is 0. The highest BCUT2D eigenvalue weighted by Crippen LogP contribution is 2.24. The molecule has 0 bridgehead atoms. The molecule has 132 valence electrons. The number of allylic oxidation sites excluding steroid dienone is 1. The molecule has 1 heterocycles. The topological polar surface area (TPSA) is 46.6 Å². The molecule has 0 radical (unpaired) electrons. The number of amides is 1. The smallest absolute Gasteiger partial charge is 0.339 e. The van der Waals surface area contributed by atoms with Crippen molar-refractivity contribution in [2.24, 2.45) is 0 Å². The number of rotatable bonds is 3. The maximum absolute atomic E-state index is 12.9. The van der Waals surface area contributed by atoms with Crippen LogP contribution in [0.3, 0.4) is 0 Å². The molecular weight excluding hydrogens is 326 g/mol. The van der Waals surface area contributed by atoms with E-state index in [1.807, 2.05) is 23.1 Å². The number of carbonyl (C=O) groups excluding carboxylic acids is 2. The maximum Gasteiger partial charge on any atom is 0.339 e. The van der Waals surface area contributed by atoms with Crippen LogP contribution < -0.4 is 4.74 Å². The molecule has 1 amide bonds. The Morgan fingerprint density at radius 1 is 0.962 bits per heavy atom. The van der Waals surface area contributed by atoms with E-state index in [1.54, 1.807) is 24.3 Å². The molecule has 0 spiro atoms. The number of ether oxygens (including phenoxy) is 1. The first kappa shape index (κ1) is 16.6. The lowest BCUT2D eigenvalue weighted by atomic mass is 9.99. The molecule has 4 heteroatoms. The standard InChI is InChI=1S/C22H21NO3/c24-21(23-13-12-16-6-1-4-9-19(16)15-23)18-10-5-11-20(14-18)26-22(25)17-7-2-3-8-17/h1,4-7,9-11,14H,2-3,8,12-13,15H2. The third kappa shape index (κ3) is 3.40. The SMILES string of the molecule is O=C(Oc1cccc(C(=O)N2CCc3ccccc3C2)c1)C1=CCCC1. The summed E-state index contributed by atoms with van der Waals surface area (Å²) in [5.74, 6) is 0.0857. The van der Waals surface area contributed by atoms with Crippen LogP contribution in [0.15, 0.2) is 60.2 Å². The number of hydrogen-bond donors (Lipinski definition) is 0. The summed E-state index contributed by atoms with van der Waals surface area (Å²) in [5.41, 5.74) is 3.79. The molecule has 26 heavy (non-hydrogen) atoms. The normalized spacial score (nSPS) is 16.0. The van der Waals surface area contributed by atoms with E-state index < -0.39 is 0 Å². The van der Waals surface area contributed by atoms with Crippen molar-refractivity contribution in [3.05, 3.63) is 76.9 Å². The fourth-order valence-electron chi connectivity index (χ4n) is 3.57. The van der Waals surface area contributed by atoms with Crippen molar-refractivity contribution < 1.29 is 14.3 Å². The Labute approximate surface area is 153 Å². The molecule has 2 aliphatic rings. The largest absolute Gasteiger partial charge is 0.423 e. The fraction of sp³-hybridized carbons (Fsp3) is 0.273. The molecule has 2 aromatic rings. The van der Waals surface area contributed by atoms with Crippen molar-refractivity contribution in [3.8, 4) is 5.75 Å². The first-order valence-corrected chi connectivity index (χ1v) is 9.08. The predicted molar refractivity (Wildman–Crippen MR) is 98.9 cm³/mol. The third-order valence-electron chi connectivity index (χ3n) is 5.01. The monoisotopic (exact) mass is 347 g/mol. The quantitative estimate of drug-likeness (QED) is 0.625. The van der Waals surface area contributed by atoms with Crippen molar-refractivity contribution in [3.63, 3.8) is 0 Å². The molecule has 0 aromatic heterocycles. The highest BCUT2D eigenvalue weighted by atomic mass is 16.5. The molecule has 1 aliphatic heterocycles. The molecule has 0 atom stereocenters. The first-order chi connectivity index (χ1) is 12.7. The Morgan fingerprint density at radius 2 is 1.81 bits per heavy atom. The molecule has 4 nitrogen and oxygen atoms in total. The van der Waals surface area contributed by atoms with Crippen molar-refractivity contribution >= 4 is 11.9 Å². The van der Waals surface area contributed by atoms with Gasteiger partial charge in [0.05, 0.1) is 0 Å². The van der Waals surface area contributed by atoms with Gasteiger partial charge in [0.25, 0.3) is 5.91 Å². The molecule has 2 aromatic carbocycles. The fourth-order valence-corrected chi connectivity index (χ4v) is 3.57. The zero-order chi connectivity index (χ0) is 17.9. The van der Waals surface area contributed by atoms with E-state index in [4.69, 9.17) is 4.74 Å². The number of hydrogen-bond acceptors (Lipinski definition) is 3. The minimum Gasteiger partial charge on any atom is -0.423 e. The van der Waals surface area contributed by atoms with E-state index >= 15 is 0 Å². The zero-order valence-corrected chi connectivity index (χ0v) is 14.6. The number of esters is 1. The Hall–Kier alpha value is -2.88. The van der Waals surface area contributed by atoms with Gasteiger partial charge >= 0.3 is 5.97 Å². The van der Waals surface area contributed by atoms with Gasteiger partial charge in [-0.25, -0.2) is 4.79 Å². The summed E-state index contributed by atoms with van der Waals surface area (Å²) in [6.45, 7) is 1.32. The summed E-state index contributed by atoms with van der Waals surface area (Å²) in [4.78, 5) is 26.9. The van der Waals surface area contributed by atoms with Crippen LogP contribution in [-0.4, -0.2) is 23.3 Å². The summed E-state index contributed by atoms with van der Waals surface area (Å²) in [6, 6.07) is 15.1. The number of carbonyl (C=O) groups is 2. The molecule has 0 N–H and O–H groups in total. The average Bonchev–Trinajstić information content (AvgIpc) is 3.22. The van der Waals surface area contributed by atoms with Crippen LogP contribution in [0, 0.1) is 0 Å². The highest BCUT2D eigenvalue weighted by Gasteiger charge is 2.22. The van der Waals surface area contributed by atoms with E-state index in [0.717, 1.165) is 31.3 Å². The van der Waals surface area contributed by atoms with Crippen molar-refractivity contribution in [2.75, 3.05) is 6.54 Å². The Bertz CT molecular complexity index is 884. The number of nitrogens with zero attached hydrogens (tertiary/aromatic N) is 1. The average molecular weight is 347 g/mol. The van der Waals surface area contributed by atoms with Crippen LogP contribution in [0.4, 0.5) is 0 Å². The van der Waals surface area contributed by atoms with Gasteiger partial charge in [-0.2, -0.15) is 0 Å². The summed E-state index contributed by atoms with van der Waals surface area (Å²) >= 11 is 0. The third-order valence-corrected chi connectivity index (χ3v) is 5.01. The van der Waals surface area contributed by atoms with Crippen molar-refractivity contribution in [1.82, 2.24) is 4.90 Å². The molecular formula is C22H21NO3. The highest BCUT2D eigenvalue weighted by molar-refractivity contribution is 5.95. The maximum atomic E-state index is 12.9. The van der Waals surface area contributed by atoms with Crippen LogP contribution in [-0.2, 0) is 17.8 Å². The first-order valence-electron chi connectivity index (χ1n) is 9.08. The van der Waals surface area contributed by atoms with Gasteiger partial charge in [0.2, 0.25) is 0 Å². The Kier molecular flexibility index (Phi) is 4.57. The van der Waals surface area contributed by atoms with Gasteiger partial charge in [-0.15, -0.1) is 0 Å². The second-order valence-electron chi connectivity index (χ2n) is 6.78. The second-order valence-corrected chi connectivity index (χ2v) is 6.78. The number of fused-ring (bicyclic) bond motifs is 1. The van der Waals surface area contributed by atoms with Gasteiger partial charge in [-0.05, 0) is 55.0 Å². The molecule has 0 saturated carbocycles. The van der Waals surface area contributed by atoms with Gasteiger partial charge < -0.3 is 9.64 Å². The summed E-state index contributed by atoms with van der Waals surface area (Å²) in [6.07, 6.45) is 5.50. The van der Waals surface area contributed by atoms with Crippen LogP contribution in [0.2, 0.25) is 0 Å². The predicted octanol–water partition coefficient (Wildman–Crippen LogP) is 3.90. The molecule has 4 rings (SSSR count). The van der Waals surface area contributed by atoms with Gasteiger partial charge in [0.1, 0.15) is 5.75 Å². The van der Waals surface area contributed by atoms with Gasteiger partial charge in [-0.3, -0.25) is 4.79 Å². The molecule has 0 saturated heterocycles. The Balaban J connectivity index is 1.48. The molecule has 1 aliphatic carbocycles. The van der Waals surface area contributed by atoms with Crippen LogP contribution >= 0.6 is 0 Å². The van der Waals surface area contributed by atoms with Gasteiger partial charge in [-0.1, -0.05) is 36.4 Å². The zero-order valence-electron chi connectivity index (χ0n) is 14.6. The lowest BCUT2D eigenvalue weighted by Gasteiger charge is -2.29. The van der Waals surface area contributed by atoms with Crippen LogP contribution in [0.25, 0.3) is 0 Å². The van der Waals surface area contributed by atoms with E-state index in [0.29, 0.717) is 24.4 Å². The van der Waals surface area contributed by atoms with E-state index in [9.17, 15) is 9.59 Å². The lowest BCUT2D eigenvalue weighted by molar-refractivity contribution is -0.130. The minimum atomic E-state index is -0.306. The van der Waals surface area contributed by atoms with E-state index in [-0.39, 0.29) is 11.9 Å². The second kappa shape index (κ2) is 7.16. The van der Waals surface area contributed by atoms with Crippen LogP contribution in [0.5, 0.6) is 5.75 Å². The van der Waals surface area contributed by atoms with E-state index in [2.05, 4.69) is 12.1 Å².